The second kappa shape index (κ2) is 5.55. The van der Waals surface area contributed by atoms with Crippen LogP contribution >= 0.6 is 0 Å². The Morgan fingerprint density at radius 2 is 2.33 bits per heavy atom. The van der Waals surface area contributed by atoms with Gasteiger partial charge in [0, 0.05) is 12.1 Å². The summed E-state index contributed by atoms with van der Waals surface area (Å²) >= 11 is 0. The third-order valence-electron chi connectivity index (χ3n) is 2.47. The van der Waals surface area contributed by atoms with Gasteiger partial charge in [-0.25, -0.2) is 4.39 Å². The summed E-state index contributed by atoms with van der Waals surface area (Å²) < 4.78 is 18.3. The molecule has 18 heavy (non-hydrogen) atoms. The Balaban J connectivity index is 2.18. The average Bonchev–Trinajstić information content (AvgIpc) is 2.81. The molecule has 1 N–H and O–H groups in total. The minimum absolute atomic E-state index is 0.313. The van der Waals surface area contributed by atoms with E-state index in [0.29, 0.717) is 30.4 Å². The van der Waals surface area contributed by atoms with Crippen LogP contribution in [-0.4, -0.2) is 16.7 Å². The van der Waals surface area contributed by atoms with Crippen molar-refractivity contribution in [1.29, 1.82) is 0 Å². The van der Waals surface area contributed by atoms with Crippen LogP contribution in [0.15, 0.2) is 35.4 Å². The molecule has 2 aromatic rings. The van der Waals surface area contributed by atoms with E-state index in [-0.39, 0.29) is 5.82 Å². The molecular formula is C13H14FN3O. The molecule has 1 heterocycles. The molecule has 0 bridgehead atoms. The summed E-state index contributed by atoms with van der Waals surface area (Å²) in [6, 6.07) is 4.50. The lowest BCUT2D eigenvalue weighted by Crippen LogP contribution is -2.12. The van der Waals surface area contributed by atoms with Crippen LogP contribution in [0.4, 0.5) is 4.39 Å². The predicted octanol–water partition coefficient (Wildman–Crippen LogP) is 2.46. The normalized spacial score (nSPS) is 10.6. The first-order chi connectivity index (χ1) is 8.70. The maximum atomic E-state index is 13.2. The molecule has 2 rings (SSSR count). The fourth-order valence-corrected chi connectivity index (χ4v) is 1.55. The van der Waals surface area contributed by atoms with Crippen molar-refractivity contribution >= 4 is 0 Å². The van der Waals surface area contributed by atoms with Gasteiger partial charge in [0.1, 0.15) is 5.82 Å². The van der Waals surface area contributed by atoms with Gasteiger partial charge < -0.3 is 9.84 Å². The summed E-state index contributed by atoms with van der Waals surface area (Å²) in [5, 5.41) is 6.90. The molecule has 0 amide bonds. The van der Waals surface area contributed by atoms with Gasteiger partial charge in [-0.1, -0.05) is 17.3 Å². The van der Waals surface area contributed by atoms with Gasteiger partial charge in [-0.05, 0) is 24.6 Å². The highest BCUT2D eigenvalue weighted by molar-refractivity contribution is 5.59. The molecule has 0 radical (unpaired) electrons. The van der Waals surface area contributed by atoms with Crippen LogP contribution in [0, 0.1) is 12.7 Å². The van der Waals surface area contributed by atoms with Crippen molar-refractivity contribution < 1.29 is 8.91 Å². The van der Waals surface area contributed by atoms with Gasteiger partial charge in [0.2, 0.25) is 11.7 Å². The van der Waals surface area contributed by atoms with E-state index in [1.807, 2.05) is 6.92 Å². The van der Waals surface area contributed by atoms with Crippen molar-refractivity contribution in [2.24, 2.45) is 0 Å². The molecule has 0 spiro atoms. The van der Waals surface area contributed by atoms with Crippen molar-refractivity contribution in [3.8, 4) is 11.4 Å². The van der Waals surface area contributed by atoms with Crippen LogP contribution in [0.3, 0.4) is 0 Å². The fourth-order valence-electron chi connectivity index (χ4n) is 1.55. The van der Waals surface area contributed by atoms with E-state index >= 15 is 0 Å². The molecular weight excluding hydrogens is 233 g/mol. The highest BCUT2D eigenvalue weighted by Crippen LogP contribution is 2.21. The number of benzene rings is 1. The molecule has 94 valence electrons. The zero-order valence-corrected chi connectivity index (χ0v) is 10.1. The van der Waals surface area contributed by atoms with E-state index in [1.54, 1.807) is 12.1 Å². The largest absolute Gasteiger partial charge is 0.338 e. The van der Waals surface area contributed by atoms with Crippen LogP contribution in [0.1, 0.15) is 11.5 Å². The topological polar surface area (TPSA) is 51.0 Å². The number of aryl methyl sites for hydroxylation is 1. The smallest absolute Gasteiger partial charge is 0.240 e. The lowest BCUT2D eigenvalue weighted by molar-refractivity contribution is 0.370. The third kappa shape index (κ3) is 2.81. The van der Waals surface area contributed by atoms with Gasteiger partial charge in [-0.15, -0.1) is 6.58 Å². The molecule has 0 unspecified atom stereocenters. The van der Waals surface area contributed by atoms with Crippen LogP contribution in [0.5, 0.6) is 0 Å². The zero-order chi connectivity index (χ0) is 13.0. The first kappa shape index (κ1) is 12.4. The Morgan fingerprint density at radius 3 is 3.11 bits per heavy atom. The van der Waals surface area contributed by atoms with E-state index in [9.17, 15) is 4.39 Å². The summed E-state index contributed by atoms with van der Waals surface area (Å²) in [5.41, 5.74) is 1.55. The van der Waals surface area contributed by atoms with Crippen LogP contribution in [0.25, 0.3) is 11.4 Å². The molecule has 0 aliphatic heterocycles. The summed E-state index contributed by atoms with van der Waals surface area (Å²) in [5.74, 6) is 0.560. The van der Waals surface area contributed by atoms with Gasteiger partial charge >= 0.3 is 0 Å². The lowest BCUT2D eigenvalue weighted by Gasteiger charge is -1.99. The van der Waals surface area contributed by atoms with E-state index in [4.69, 9.17) is 4.52 Å². The number of hydrogen-bond donors (Lipinski definition) is 1. The average molecular weight is 247 g/mol. The standard InChI is InChI=1S/C13H14FN3O/c1-3-6-15-8-12-16-13(17-18-12)11-7-10(14)5-4-9(11)2/h3-5,7,15H,1,6,8H2,2H3. The SMILES string of the molecule is C=CCNCc1nc(-c2cc(F)ccc2C)no1. The fraction of sp³-hybridized carbons (Fsp3) is 0.231. The summed E-state index contributed by atoms with van der Waals surface area (Å²) in [6.07, 6.45) is 1.74. The number of nitrogens with zero attached hydrogens (tertiary/aromatic N) is 2. The Labute approximate surface area is 105 Å². The molecule has 0 aliphatic rings. The first-order valence-corrected chi connectivity index (χ1v) is 5.61. The number of hydrogen-bond acceptors (Lipinski definition) is 4. The first-order valence-electron chi connectivity index (χ1n) is 5.61. The minimum atomic E-state index is -0.313. The van der Waals surface area contributed by atoms with Gasteiger partial charge in [0.15, 0.2) is 0 Å². The van der Waals surface area contributed by atoms with E-state index in [0.717, 1.165) is 5.56 Å². The second-order valence-electron chi connectivity index (χ2n) is 3.89. The Kier molecular flexibility index (Phi) is 3.84. The van der Waals surface area contributed by atoms with Crippen molar-refractivity contribution in [2.45, 2.75) is 13.5 Å². The molecule has 4 nitrogen and oxygen atoms in total. The van der Waals surface area contributed by atoms with Gasteiger partial charge in [-0.3, -0.25) is 0 Å². The van der Waals surface area contributed by atoms with Crippen LogP contribution in [0.2, 0.25) is 0 Å². The summed E-state index contributed by atoms with van der Waals surface area (Å²) in [6.45, 7) is 6.60. The number of nitrogens with one attached hydrogen (secondary N) is 1. The second-order valence-corrected chi connectivity index (χ2v) is 3.89. The lowest BCUT2D eigenvalue weighted by atomic mass is 10.1. The van der Waals surface area contributed by atoms with Crippen molar-refractivity contribution in [2.75, 3.05) is 6.54 Å². The van der Waals surface area contributed by atoms with Crippen molar-refractivity contribution in [1.82, 2.24) is 15.5 Å². The van der Waals surface area contributed by atoms with Crippen LogP contribution in [-0.2, 0) is 6.54 Å². The number of rotatable bonds is 5. The Hall–Kier alpha value is -2.01. The molecule has 1 aromatic carbocycles. The Morgan fingerprint density at radius 1 is 1.50 bits per heavy atom. The van der Waals surface area contributed by atoms with Crippen molar-refractivity contribution in [3.63, 3.8) is 0 Å². The predicted molar refractivity (Wildman–Crippen MR) is 66.3 cm³/mol. The molecule has 0 saturated carbocycles. The maximum absolute atomic E-state index is 13.2. The number of halogens is 1. The maximum Gasteiger partial charge on any atom is 0.240 e. The molecule has 5 heteroatoms. The monoisotopic (exact) mass is 247 g/mol. The Bertz CT molecular complexity index is 551. The van der Waals surface area contributed by atoms with Gasteiger partial charge in [-0.2, -0.15) is 4.98 Å². The van der Waals surface area contributed by atoms with Crippen LogP contribution < -0.4 is 5.32 Å². The molecule has 0 fully saturated rings. The molecule has 1 aromatic heterocycles. The highest BCUT2D eigenvalue weighted by atomic mass is 19.1. The molecule has 0 atom stereocenters. The van der Waals surface area contributed by atoms with Gasteiger partial charge in [0.05, 0.1) is 6.54 Å². The quantitative estimate of drug-likeness (QED) is 0.651. The zero-order valence-electron chi connectivity index (χ0n) is 10.1. The van der Waals surface area contributed by atoms with E-state index < -0.39 is 0 Å². The van der Waals surface area contributed by atoms with Gasteiger partial charge in [0.25, 0.3) is 0 Å². The highest BCUT2D eigenvalue weighted by Gasteiger charge is 2.11. The van der Waals surface area contributed by atoms with E-state index in [1.165, 1.54) is 12.1 Å². The molecule has 0 aliphatic carbocycles. The molecule has 0 saturated heterocycles. The summed E-state index contributed by atoms with van der Waals surface area (Å²) in [4.78, 5) is 4.21. The summed E-state index contributed by atoms with van der Waals surface area (Å²) in [7, 11) is 0. The van der Waals surface area contributed by atoms with Crippen molar-refractivity contribution in [3.05, 3.63) is 48.1 Å². The number of aromatic nitrogens is 2. The third-order valence-corrected chi connectivity index (χ3v) is 2.47. The minimum Gasteiger partial charge on any atom is -0.338 e. The van der Waals surface area contributed by atoms with E-state index in [2.05, 4.69) is 22.0 Å².